The molecule has 2 heteroatoms. The van der Waals surface area contributed by atoms with Gasteiger partial charge in [0, 0.05) is 6.61 Å². The van der Waals surface area contributed by atoms with Crippen LogP contribution in [0.4, 0.5) is 0 Å². The van der Waals surface area contributed by atoms with Crippen molar-refractivity contribution in [2.75, 3.05) is 19.8 Å². The third-order valence-corrected chi connectivity index (χ3v) is 3.02. The van der Waals surface area contributed by atoms with Gasteiger partial charge in [0.1, 0.15) is 0 Å². The minimum Gasteiger partial charge on any atom is -0.394 e. The van der Waals surface area contributed by atoms with Crippen molar-refractivity contribution >= 4 is 0 Å². The molecule has 0 aromatic heterocycles. The first-order chi connectivity index (χ1) is 7.81. The van der Waals surface area contributed by atoms with Crippen LogP contribution in [0.25, 0.3) is 0 Å². The van der Waals surface area contributed by atoms with Crippen LogP contribution >= 0.6 is 0 Å². The second-order valence-corrected chi connectivity index (χ2v) is 4.79. The lowest BCUT2D eigenvalue weighted by Gasteiger charge is -2.10. The number of aliphatic hydroxyl groups is 1. The molecular formula is C14H30O2. The third-order valence-electron chi connectivity index (χ3n) is 3.02. The molecule has 0 fully saturated rings. The van der Waals surface area contributed by atoms with Gasteiger partial charge in [-0.05, 0) is 12.3 Å². The van der Waals surface area contributed by atoms with Crippen LogP contribution in [-0.4, -0.2) is 24.9 Å². The molecule has 0 radical (unpaired) electrons. The van der Waals surface area contributed by atoms with Crippen molar-refractivity contribution in [3.63, 3.8) is 0 Å². The molecule has 16 heavy (non-hydrogen) atoms. The molecule has 0 spiro atoms. The van der Waals surface area contributed by atoms with Crippen LogP contribution in [0.3, 0.4) is 0 Å². The van der Waals surface area contributed by atoms with Crippen LogP contribution < -0.4 is 0 Å². The lowest BCUT2D eigenvalue weighted by molar-refractivity contribution is 0.0894. The van der Waals surface area contributed by atoms with E-state index in [4.69, 9.17) is 9.84 Å². The van der Waals surface area contributed by atoms with Gasteiger partial charge >= 0.3 is 0 Å². The van der Waals surface area contributed by atoms with Crippen molar-refractivity contribution in [3.8, 4) is 0 Å². The Labute approximate surface area is 101 Å². The zero-order valence-corrected chi connectivity index (χ0v) is 11.2. The van der Waals surface area contributed by atoms with Crippen LogP contribution in [-0.2, 0) is 4.74 Å². The highest BCUT2D eigenvalue weighted by Gasteiger charge is 2.01. The highest BCUT2D eigenvalue weighted by Crippen LogP contribution is 2.16. The Morgan fingerprint density at radius 3 is 2.25 bits per heavy atom. The summed E-state index contributed by atoms with van der Waals surface area (Å²) in [5.74, 6) is 0.893. The summed E-state index contributed by atoms with van der Waals surface area (Å²) in [6, 6.07) is 0. The molecule has 1 unspecified atom stereocenters. The van der Waals surface area contributed by atoms with Crippen molar-refractivity contribution in [2.45, 2.75) is 65.2 Å². The summed E-state index contributed by atoms with van der Waals surface area (Å²) >= 11 is 0. The number of rotatable bonds is 12. The largest absolute Gasteiger partial charge is 0.394 e. The Hall–Kier alpha value is -0.0800. The topological polar surface area (TPSA) is 29.5 Å². The van der Waals surface area contributed by atoms with Crippen LogP contribution in [0, 0.1) is 5.92 Å². The van der Waals surface area contributed by atoms with Gasteiger partial charge in [-0.1, -0.05) is 58.8 Å². The van der Waals surface area contributed by atoms with E-state index in [1.165, 1.54) is 44.9 Å². The second kappa shape index (κ2) is 13.0. The Balaban J connectivity index is 3.06. The molecule has 0 amide bonds. The fourth-order valence-electron chi connectivity index (χ4n) is 1.93. The third kappa shape index (κ3) is 12.0. The molecule has 1 N–H and O–H groups in total. The van der Waals surface area contributed by atoms with Gasteiger partial charge in [-0.3, -0.25) is 0 Å². The van der Waals surface area contributed by atoms with Gasteiger partial charge in [0.15, 0.2) is 0 Å². The fourth-order valence-corrected chi connectivity index (χ4v) is 1.93. The van der Waals surface area contributed by atoms with Gasteiger partial charge in [-0.15, -0.1) is 0 Å². The maximum atomic E-state index is 8.52. The van der Waals surface area contributed by atoms with E-state index in [2.05, 4.69) is 13.8 Å². The van der Waals surface area contributed by atoms with Crippen LogP contribution in [0.1, 0.15) is 65.2 Å². The minimum atomic E-state index is 0.147. The summed E-state index contributed by atoms with van der Waals surface area (Å²) in [4.78, 5) is 0. The summed E-state index contributed by atoms with van der Waals surface area (Å²) < 4.78 is 5.22. The second-order valence-electron chi connectivity index (χ2n) is 4.79. The Kier molecular flexibility index (Phi) is 12.9. The maximum absolute atomic E-state index is 8.52. The zero-order chi connectivity index (χ0) is 12.1. The zero-order valence-electron chi connectivity index (χ0n) is 11.2. The van der Waals surface area contributed by atoms with Crippen molar-refractivity contribution in [2.24, 2.45) is 5.92 Å². The Bertz CT molecular complexity index is 126. The molecule has 0 aliphatic heterocycles. The lowest BCUT2D eigenvalue weighted by Crippen LogP contribution is -2.01. The minimum absolute atomic E-state index is 0.147. The summed E-state index contributed by atoms with van der Waals surface area (Å²) in [6.45, 7) is 6.08. The Morgan fingerprint density at radius 1 is 0.938 bits per heavy atom. The van der Waals surface area contributed by atoms with Gasteiger partial charge in [0.25, 0.3) is 0 Å². The molecule has 0 saturated carbocycles. The molecule has 2 nitrogen and oxygen atoms in total. The maximum Gasteiger partial charge on any atom is 0.0697 e. The SMILES string of the molecule is CCCCCC(C)CCCCCOCCO. The molecule has 0 aliphatic rings. The van der Waals surface area contributed by atoms with E-state index in [9.17, 15) is 0 Å². The van der Waals surface area contributed by atoms with Gasteiger partial charge < -0.3 is 9.84 Å². The lowest BCUT2D eigenvalue weighted by atomic mass is 9.97. The molecule has 0 heterocycles. The monoisotopic (exact) mass is 230 g/mol. The van der Waals surface area contributed by atoms with Gasteiger partial charge in [-0.25, -0.2) is 0 Å². The first-order valence-corrected chi connectivity index (χ1v) is 6.99. The predicted octanol–water partition coefficient (Wildman–Crippen LogP) is 3.77. The summed E-state index contributed by atoms with van der Waals surface area (Å²) in [6.07, 6.45) is 10.6. The van der Waals surface area contributed by atoms with Crippen LogP contribution in [0.5, 0.6) is 0 Å². The number of hydrogen-bond acceptors (Lipinski definition) is 2. The molecule has 0 bridgehead atoms. The molecule has 0 aromatic rings. The highest BCUT2D eigenvalue weighted by molar-refractivity contribution is 4.54. The average molecular weight is 230 g/mol. The molecular weight excluding hydrogens is 200 g/mol. The van der Waals surface area contributed by atoms with Crippen molar-refractivity contribution < 1.29 is 9.84 Å². The van der Waals surface area contributed by atoms with E-state index in [0.717, 1.165) is 18.9 Å². The van der Waals surface area contributed by atoms with E-state index in [1.54, 1.807) is 0 Å². The van der Waals surface area contributed by atoms with E-state index < -0.39 is 0 Å². The number of unbranched alkanes of at least 4 members (excludes halogenated alkanes) is 4. The van der Waals surface area contributed by atoms with Crippen LogP contribution in [0.15, 0.2) is 0 Å². The van der Waals surface area contributed by atoms with Gasteiger partial charge in [0.05, 0.1) is 13.2 Å². The van der Waals surface area contributed by atoms with Crippen molar-refractivity contribution in [1.82, 2.24) is 0 Å². The molecule has 0 rings (SSSR count). The normalized spacial score (nSPS) is 12.9. The first-order valence-electron chi connectivity index (χ1n) is 6.99. The summed E-state index contributed by atoms with van der Waals surface area (Å²) in [5.41, 5.74) is 0. The number of aliphatic hydroxyl groups excluding tert-OH is 1. The Morgan fingerprint density at radius 2 is 1.62 bits per heavy atom. The van der Waals surface area contributed by atoms with E-state index >= 15 is 0 Å². The van der Waals surface area contributed by atoms with Crippen molar-refractivity contribution in [1.29, 1.82) is 0 Å². The number of hydrogen-bond donors (Lipinski definition) is 1. The summed E-state index contributed by atoms with van der Waals surface area (Å²) in [7, 11) is 0. The average Bonchev–Trinajstić information content (AvgIpc) is 2.28. The van der Waals surface area contributed by atoms with Crippen LogP contribution in [0.2, 0.25) is 0 Å². The standard InChI is InChI=1S/C14H30O2/c1-3-4-6-9-14(2)10-7-5-8-12-16-13-11-15/h14-15H,3-13H2,1-2H3. The summed E-state index contributed by atoms with van der Waals surface area (Å²) in [5, 5.41) is 8.52. The quantitative estimate of drug-likeness (QED) is 0.517. The van der Waals surface area contributed by atoms with E-state index in [1.807, 2.05) is 0 Å². The first kappa shape index (κ1) is 15.9. The fraction of sp³-hybridized carbons (Fsp3) is 1.00. The van der Waals surface area contributed by atoms with E-state index in [-0.39, 0.29) is 6.61 Å². The van der Waals surface area contributed by atoms with E-state index in [0.29, 0.717) is 6.61 Å². The molecule has 98 valence electrons. The molecule has 1 atom stereocenters. The smallest absolute Gasteiger partial charge is 0.0697 e. The van der Waals surface area contributed by atoms with Crippen molar-refractivity contribution in [3.05, 3.63) is 0 Å². The highest BCUT2D eigenvalue weighted by atomic mass is 16.5. The van der Waals surface area contributed by atoms with Gasteiger partial charge in [0.2, 0.25) is 0 Å². The molecule has 0 aliphatic carbocycles. The molecule has 0 saturated heterocycles. The number of ether oxygens (including phenoxy) is 1. The molecule has 0 aromatic carbocycles. The predicted molar refractivity (Wildman–Crippen MR) is 69.7 cm³/mol. The van der Waals surface area contributed by atoms with Gasteiger partial charge in [-0.2, -0.15) is 0 Å².